The van der Waals surface area contributed by atoms with Crippen molar-refractivity contribution in [1.29, 1.82) is 0 Å². The Kier molecular flexibility index (Phi) is 4.72. The minimum atomic E-state index is -3.08. The largest absolute Gasteiger partial charge is 0.497 e. The van der Waals surface area contributed by atoms with E-state index in [4.69, 9.17) is 4.74 Å². The second kappa shape index (κ2) is 6.34. The molecule has 0 saturated carbocycles. The fourth-order valence-corrected chi connectivity index (χ4v) is 3.28. The highest BCUT2D eigenvalue weighted by atomic mass is 32.2. The van der Waals surface area contributed by atoms with Crippen LogP contribution in [0.4, 0.5) is 4.79 Å². The van der Waals surface area contributed by atoms with Gasteiger partial charge >= 0.3 is 6.03 Å². The highest BCUT2D eigenvalue weighted by molar-refractivity contribution is 7.91. The van der Waals surface area contributed by atoms with Crippen molar-refractivity contribution in [3.63, 3.8) is 0 Å². The molecule has 1 aliphatic heterocycles. The molecule has 1 aromatic carbocycles. The molecule has 2 rings (SSSR count). The fraction of sp³-hybridized carbons (Fsp3) is 0.500. The molecule has 7 heteroatoms. The van der Waals surface area contributed by atoms with Crippen molar-refractivity contribution < 1.29 is 17.9 Å². The summed E-state index contributed by atoms with van der Waals surface area (Å²) < 4.78 is 28.0. The lowest BCUT2D eigenvalue weighted by Crippen LogP contribution is -2.39. The van der Waals surface area contributed by atoms with Crippen LogP contribution in [-0.4, -0.2) is 51.1 Å². The minimum Gasteiger partial charge on any atom is -0.497 e. The zero-order chi connectivity index (χ0) is 15.5. The first-order chi connectivity index (χ1) is 9.90. The topological polar surface area (TPSA) is 75.7 Å². The summed E-state index contributed by atoms with van der Waals surface area (Å²) in [6, 6.07) is 7.19. The Morgan fingerprint density at radius 2 is 2.05 bits per heavy atom. The van der Waals surface area contributed by atoms with Crippen LogP contribution < -0.4 is 10.1 Å². The van der Waals surface area contributed by atoms with Gasteiger partial charge in [0.15, 0.2) is 9.84 Å². The summed E-state index contributed by atoms with van der Waals surface area (Å²) in [5, 5.41) is 2.36. The first-order valence-corrected chi connectivity index (χ1v) is 8.70. The van der Waals surface area contributed by atoms with E-state index in [0.717, 1.165) is 11.3 Å². The smallest absolute Gasteiger partial charge is 0.317 e. The molecule has 2 amide bonds. The van der Waals surface area contributed by atoms with Gasteiger partial charge in [-0.2, -0.15) is 0 Å². The molecule has 0 aromatic heterocycles. The van der Waals surface area contributed by atoms with Gasteiger partial charge in [0.05, 0.1) is 12.4 Å². The van der Waals surface area contributed by atoms with E-state index in [0.29, 0.717) is 19.5 Å². The van der Waals surface area contributed by atoms with Gasteiger partial charge in [0.25, 0.3) is 0 Å². The molecule has 21 heavy (non-hydrogen) atoms. The van der Waals surface area contributed by atoms with Crippen LogP contribution in [0.3, 0.4) is 0 Å². The van der Waals surface area contributed by atoms with E-state index in [1.54, 1.807) is 12.0 Å². The first-order valence-electron chi connectivity index (χ1n) is 6.74. The van der Waals surface area contributed by atoms with Gasteiger partial charge in [-0.25, -0.2) is 13.2 Å². The number of amides is 2. The van der Waals surface area contributed by atoms with Gasteiger partial charge in [-0.1, -0.05) is 12.1 Å². The summed E-state index contributed by atoms with van der Waals surface area (Å²) in [4.78, 5) is 13.6. The third-order valence-corrected chi connectivity index (χ3v) is 5.24. The summed E-state index contributed by atoms with van der Waals surface area (Å²) in [5.41, 5.74) is 0.961. The maximum absolute atomic E-state index is 12.0. The minimum absolute atomic E-state index is 0.225. The maximum Gasteiger partial charge on any atom is 0.317 e. The summed E-state index contributed by atoms with van der Waals surface area (Å²) in [7, 11) is -1.48. The average molecular weight is 312 g/mol. The molecule has 0 aliphatic carbocycles. The number of benzene rings is 1. The fourth-order valence-electron chi connectivity index (χ4n) is 2.30. The number of ether oxygens (including phenoxy) is 1. The van der Waals surface area contributed by atoms with Gasteiger partial charge in [0, 0.05) is 25.9 Å². The molecule has 1 atom stereocenters. The lowest BCUT2D eigenvalue weighted by Gasteiger charge is -2.17. The van der Waals surface area contributed by atoms with Crippen molar-refractivity contribution >= 4 is 15.9 Å². The molecule has 1 saturated heterocycles. The van der Waals surface area contributed by atoms with Gasteiger partial charge in [0.1, 0.15) is 5.75 Å². The number of nitrogens with zero attached hydrogens (tertiary/aromatic N) is 1. The Labute approximate surface area is 125 Å². The van der Waals surface area contributed by atoms with Crippen molar-refractivity contribution in [2.45, 2.75) is 18.2 Å². The quantitative estimate of drug-likeness (QED) is 0.901. The van der Waals surface area contributed by atoms with Crippen molar-refractivity contribution in [3.05, 3.63) is 29.8 Å². The second-order valence-corrected chi connectivity index (χ2v) is 7.52. The lowest BCUT2D eigenvalue weighted by atomic mass is 10.2. The number of rotatable bonds is 4. The van der Waals surface area contributed by atoms with Crippen LogP contribution in [0.1, 0.15) is 12.0 Å². The molecule has 0 radical (unpaired) electrons. The Morgan fingerprint density at radius 1 is 1.38 bits per heavy atom. The number of hydrogen-bond acceptors (Lipinski definition) is 4. The molecule has 1 unspecified atom stereocenters. The number of nitrogens with one attached hydrogen (secondary N) is 1. The second-order valence-electron chi connectivity index (χ2n) is 5.19. The number of methoxy groups -OCH3 is 1. The summed E-state index contributed by atoms with van der Waals surface area (Å²) in [5.74, 6) is 0.764. The van der Waals surface area contributed by atoms with E-state index in [1.807, 2.05) is 24.3 Å². The van der Waals surface area contributed by atoms with Gasteiger partial charge in [-0.05, 0) is 24.1 Å². The normalized spacial score (nSPS) is 18.6. The molecule has 1 heterocycles. The molecule has 0 spiro atoms. The van der Waals surface area contributed by atoms with Crippen molar-refractivity contribution in [1.82, 2.24) is 10.2 Å². The number of carbonyl (C=O) groups is 1. The zero-order valence-electron chi connectivity index (χ0n) is 12.2. The third-order valence-electron chi connectivity index (χ3n) is 3.64. The van der Waals surface area contributed by atoms with E-state index in [-0.39, 0.29) is 12.6 Å². The Bertz CT molecular complexity index is 598. The number of carbonyl (C=O) groups excluding carboxylic acids is 1. The average Bonchev–Trinajstić information content (AvgIpc) is 2.95. The monoisotopic (exact) mass is 312 g/mol. The van der Waals surface area contributed by atoms with Gasteiger partial charge in [-0.15, -0.1) is 0 Å². The van der Waals surface area contributed by atoms with Gasteiger partial charge in [-0.3, -0.25) is 0 Å². The maximum atomic E-state index is 12.0. The first kappa shape index (κ1) is 15.6. The van der Waals surface area contributed by atoms with E-state index < -0.39 is 15.1 Å². The molecular weight excluding hydrogens is 292 g/mol. The summed E-state index contributed by atoms with van der Waals surface area (Å²) in [6.45, 7) is 1.16. The van der Waals surface area contributed by atoms with E-state index in [9.17, 15) is 13.2 Å². The van der Waals surface area contributed by atoms with Crippen LogP contribution >= 0.6 is 0 Å². The molecule has 1 aromatic rings. The highest BCUT2D eigenvalue weighted by Crippen LogP contribution is 2.16. The van der Waals surface area contributed by atoms with Crippen LogP contribution in [0.2, 0.25) is 0 Å². The number of sulfone groups is 1. The Hall–Kier alpha value is -1.76. The Morgan fingerprint density at radius 3 is 2.57 bits per heavy atom. The summed E-state index contributed by atoms with van der Waals surface area (Å²) >= 11 is 0. The molecule has 0 bridgehead atoms. The Balaban J connectivity index is 1.85. The van der Waals surface area contributed by atoms with E-state index >= 15 is 0 Å². The van der Waals surface area contributed by atoms with E-state index in [1.165, 1.54) is 6.26 Å². The van der Waals surface area contributed by atoms with Gasteiger partial charge < -0.3 is 15.0 Å². The molecule has 1 fully saturated rings. The number of hydrogen-bond donors (Lipinski definition) is 1. The van der Waals surface area contributed by atoms with Crippen molar-refractivity contribution in [2.24, 2.45) is 0 Å². The highest BCUT2D eigenvalue weighted by Gasteiger charge is 2.32. The van der Waals surface area contributed by atoms with Crippen LogP contribution in [-0.2, 0) is 16.4 Å². The van der Waals surface area contributed by atoms with Crippen molar-refractivity contribution in [2.75, 3.05) is 26.5 Å². The zero-order valence-corrected chi connectivity index (χ0v) is 13.0. The van der Waals surface area contributed by atoms with Gasteiger partial charge in [0.2, 0.25) is 0 Å². The predicted octanol–water partition coefficient (Wildman–Crippen LogP) is 1.02. The number of urea groups is 1. The van der Waals surface area contributed by atoms with Crippen LogP contribution in [0.5, 0.6) is 5.75 Å². The van der Waals surface area contributed by atoms with Crippen LogP contribution in [0.15, 0.2) is 24.3 Å². The predicted molar refractivity (Wildman–Crippen MR) is 80.1 cm³/mol. The van der Waals surface area contributed by atoms with Crippen molar-refractivity contribution in [3.8, 4) is 5.75 Å². The standard InChI is InChI=1S/C14H20N2O4S/c1-20-12-5-3-11(4-6-12)9-15-14(17)16-8-7-13(10-16)21(2,18)19/h3-6,13H,7-10H2,1-2H3,(H,15,17). The molecule has 116 valence electrons. The third kappa shape index (κ3) is 4.10. The molecule has 1 aliphatic rings. The van der Waals surface area contributed by atoms with Crippen LogP contribution in [0, 0.1) is 0 Å². The lowest BCUT2D eigenvalue weighted by molar-refractivity contribution is 0.208. The SMILES string of the molecule is COc1ccc(CNC(=O)N2CCC(S(C)(=O)=O)C2)cc1. The summed E-state index contributed by atoms with van der Waals surface area (Å²) in [6.07, 6.45) is 1.73. The van der Waals surface area contributed by atoms with E-state index in [2.05, 4.69) is 5.32 Å². The molecule has 1 N–H and O–H groups in total. The number of likely N-dealkylation sites (tertiary alicyclic amines) is 1. The molecular formula is C14H20N2O4S. The molecule has 6 nitrogen and oxygen atoms in total. The van der Waals surface area contributed by atoms with Crippen LogP contribution in [0.25, 0.3) is 0 Å².